The Balaban J connectivity index is 1.84. The molecule has 0 spiro atoms. The summed E-state index contributed by atoms with van der Waals surface area (Å²) in [5.74, 6) is -0.309. The van der Waals surface area contributed by atoms with Crippen LogP contribution in [0.25, 0.3) is 5.65 Å². The maximum atomic E-state index is 13.2. The number of pyridine rings is 1. The summed E-state index contributed by atoms with van der Waals surface area (Å²) in [7, 11) is 0. The Morgan fingerprint density at radius 1 is 1.30 bits per heavy atom. The van der Waals surface area contributed by atoms with E-state index in [2.05, 4.69) is 20.9 Å². The fourth-order valence-corrected chi connectivity index (χ4v) is 2.54. The molecule has 5 heteroatoms. The van der Waals surface area contributed by atoms with Gasteiger partial charge in [-0.25, -0.2) is 9.37 Å². The van der Waals surface area contributed by atoms with E-state index in [1.165, 1.54) is 6.07 Å². The van der Waals surface area contributed by atoms with E-state index in [1.54, 1.807) is 18.3 Å². The highest BCUT2D eigenvalue weighted by Gasteiger charge is 2.13. The predicted octanol–water partition coefficient (Wildman–Crippen LogP) is 3.51. The Kier molecular flexibility index (Phi) is 3.54. The Morgan fingerprint density at radius 2 is 2.15 bits per heavy atom. The molecule has 102 valence electrons. The van der Waals surface area contributed by atoms with Crippen LogP contribution in [-0.2, 0) is 6.42 Å². The maximum Gasteiger partial charge on any atom is 0.137 e. The molecule has 2 heterocycles. The first-order valence-corrected chi connectivity index (χ1v) is 6.98. The standard InChI is InChI=1S/C15H12BrFN2O/c16-11-7-10(4-5-12(11)17)8-14(20)13-9-19-6-2-1-3-15(19)18-13/h1-7,9,14,20H,8H2. The van der Waals surface area contributed by atoms with Gasteiger partial charge in [0.25, 0.3) is 0 Å². The first-order valence-electron chi connectivity index (χ1n) is 6.19. The second-order valence-electron chi connectivity index (χ2n) is 4.60. The zero-order valence-corrected chi connectivity index (χ0v) is 12.1. The smallest absolute Gasteiger partial charge is 0.137 e. The largest absolute Gasteiger partial charge is 0.386 e. The number of hydrogen-bond donors (Lipinski definition) is 1. The van der Waals surface area contributed by atoms with Crippen LogP contribution in [0.3, 0.4) is 0 Å². The number of benzene rings is 1. The second-order valence-corrected chi connectivity index (χ2v) is 5.45. The highest BCUT2D eigenvalue weighted by atomic mass is 79.9. The molecule has 3 aromatic rings. The van der Waals surface area contributed by atoms with Crippen LogP contribution in [0.1, 0.15) is 17.4 Å². The molecule has 0 aliphatic heterocycles. The first-order chi connectivity index (χ1) is 9.63. The van der Waals surface area contributed by atoms with Gasteiger partial charge in [0.1, 0.15) is 17.6 Å². The van der Waals surface area contributed by atoms with Gasteiger partial charge in [0.2, 0.25) is 0 Å². The monoisotopic (exact) mass is 334 g/mol. The predicted molar refractivity (Wildman–Crippen MR) is 78.0 cm³/mol. The van der Waals surface area contributed by atoms with Gasteiger partial charge in [0.05, 0.1) is 10.2 Å². The van der Waals surface area contributed by atoms with E-state index in [1.807, 2.05) is 28.8 Å². The Labute approximate surface area is 123 Å². The molecule has 1 aromatic carbocycles. The van der Waals surface area contributed by atoms with Crippen LogP contribution >= 0.6 is 15.9 Å². The van der Waals surface area contributed by atoms with E-state index in [0.29, 0.717) is 16.6 Å². The van der Waals surface area contributed by atoms with Crippen LogP contribution in [0.2, 0.25) is 0 Å². The summed E-state index contributed by atoms with van der Waals surface area (Å²) in [6, 6.07) is 10.4. The SMILES string of the molecule is OC(Cc1ccc(F)c(Br)c1)c1cn2ccccc2n1. The van der Waals surface area contributed by atoms with Crippen LogP contribution < -0.4 is 0 Å². The average Bonchev–Trinajstić information content (AvgIpc) is 2.87. The van der Waals surface area contributed by atoms with Gasteiger partial charge in [-0.15, -0.1) is 0 Å². The molecule has 1 N–H and O–H groups in total. The van der Waals surface area contributed by atoms with Crippen LogP contribution in [0.15, 0.2) is 53.3 Å². The Bertz CT molecular complexity index is 723. The zero-order valence-electron chi connectivity index (χ0n) is 10.5. The minimum atomic E-state index is -0.715. The molecule has 0 fully saturated rings. The number of nitrogens with zero attached hydrogens (tertiary/aromatic N) is 2. The number of aromatic nitrogens is 2. The molecular formula is C15H12BrFN2O. The van der Waals surface area contributed by atoms with Gasteiger partial charge in [-0.05, 0) is 45.8 Å². The van der Waals surface area contributed by atoms with Crippen molar-refractivity contribution in [3.63, 3.8) is 0 Å². The molecule has 3 nitrogen and oxygen atoms in total. The molecule has 20 heavy (non-hydrogen) atoms. The Hall–Kier alpha value is -1.72. The summed E-state index contributed by atoms with van der Waals surface area (Å²) in [6.45, 7) is 0. The molecule has 0 aliphatic rings. The van der Waals surface area contributed by atoms with Gasteiger partial charge in [-0.3, -0.25) is 0 Å². The molecule has 0 amide bonds. The number of fused-ring (bicyclic) bond motifs is 1. The Morgan fingerprint density at radius 3 is 2.90 bits per heavy atom. The van der Waals surface area contributed by atoms with Crippen molar-refractivity contribution in [3.8, 4) is 0 Å². The molecule has 1 unspecified atom stereocenters. The van der Waals surface area contributed by atoms with Crippen molar-refractivity contribution < 1.29 is 9.50 Å². The number of imidazole rings is 1. The topological polar surface area (TPSA) is 37.5 Å². The van der Waals surface area contributed by atoms with Crippen LogP contribution in [0, 0.1) is 5.82 Å². The summed E-state index contributed by atoms with van der Waals surface area (Å²) in [4.78, 5) is 4.38. The molecule has 0 aliphatic carbocycles. The quantitative estimate of drug-likeness (QED) is 0.795. The highest BCUT2D eigenvalue weighted by molar-refractivity contribution is 9.10. The highest BCUT2D eigenvalue weighted by Crippen LogP contribution is 2.22. The van der Waals surface area contributed by atoms with E-state index < -0.39 is 6.10 Å². The lowest BCUT2D eigenvalue weighted by atomic mass is 10.1. The van der Waals surface area contributed by atoms with Crippen molar-refractivity contribution in [3.05, 3.63) is 70.3 Å². The number of hydrogen-bond acceptors (Lipinski definition) is 2. The van der Waals surface area contributed by atoms with Crippen LogP contribution in [0.5, 0.6) is 0 Å². The van der Waals surface area contributed by atoms with E-state index in [9.17, 15) is 9.50 Å². The molecule has 0 saturated heterocycles. The minimum Gasteiger partial charge on any atom is -0.386 e. The van der Waals surface area contributed by atoms with Crippen molar-refractivity contribution in [2.75, 3.05) is 0 Å². The van der Waals surface area contributed by atoms with E-state index in [0.717, 1.165) is 11.2 Å². The van der Waals surface area contributed by atoms with Gasteiger partial charge in [-0.1, -0.05) is 12.1 Å². The van der Waals surface area contributed by atoms with Gasteiger partial charge >= 0.3 is 0 Å². The average molecular weight is 335 g/mol. The molecule has 0 saturated carbocycles. The fourth-order valence-electron chi connectivity index (χ4n) is 2.11. The van der Waals surface area contributed by atoms with Gasteiger partial charge in [0.15, 0.2) is 0 Å². The summed E-state index contributed by atoms with van der Waals surface area (Å²) >= 11 is 3.14. The van der Waals surface area contributed by atoms with Crippen molar-refractivity contribution in [2.45, 2.75) is 12.5 Å². The number of halogens is 2. The first kappa shape index (κ1) is 13.3. The van der Waals surface area contributed by atoms with Crippen molar-refractivity contribution >= 4 is 21.6 Å². The molecular weight excluding hydrogens is 323 g/mol. The third-order valence-corrected chi connectivity index (χ3v) is 3.74. The second kappa shape index (κ2) is 5.34. The fraction of sp³-hybridized carbons (Fsp3) is 0.133. The molecule has 3 rings (SSSR count). The molecule has 2 aromatic heterocycles. The third kappa shape index (κ3) is 2.59. The van der Waals surface area contributed by atoms with E-state index in [4.69, 9.17) is 0 Å². The van der Waals surface area contributed by atoms with E-state index in [-0.39, 0.29) is 5.82 Å². The summed E-state index contributed by atoms with van der Waals surface area (Å²) in [5, 5.41) is 10.3. The summed E-state index contributed by atoms with van der Waals surface area (Å²) < 4.78 is 15.4. The zero-order chi connectivity index (χ0) is 14.1. The van der Waals surface area contributed by atoms with Gasteiger partial charge in [-0.2, -0.15) is 0 Å². The molecule has 0 bridgehead atoms. The lowest BCUT2D eigenvalue weighted by molar-refractivity contribution is 0.174. The number of rotatable bonds is 3. The minimum absolute atomic E-state index is 0.309. The maximum absolute atomic E-state index is 13.2. The van der Waals surface area contributed by atoms with Crippen LogP contribution in [-0.4, -0.2) is 14.5 Å². The van der Waals surface area contributed by atoms with Gasteiger partial charge in [0, 0.05) is 18.8 Å². The van der Waals surface area contributed by atoms with Crippen molar-refractivity contribution in [1.29, 1.82) is 0 Å². The lowest BCUT2D eigenvalue weighted by Crippen LogP contribution is -2.02. The lowest BCUT2D eigenvalue weighted by Gasteiger charge is -2.08. The van der Waals surface area contributed by atoms with Crippen LogP contribution in [0.4, 0.5) is 4.39 Å². The van der Waals surface area contributed by atoms with Gasteiger partial charge < -0.3 is 9.51 Å². The van der Waals surface area contributed by atoms with Crippen molar-refractivity contribution in [1.82, 2.24) is 9.38 Å². The third-order valence-electron chi connectivity index (χ3n) is 3.14. The summed E-state index contributed by atoms with van der Waals surface area (Å²) in [6.07, 6.45) is 3.36. The van der Waals surface area contributed by atoms with E-state index >= 15 is 0 Å². The normalized spacial score (nSPS) is 12.8. The van der Waals surface area contributed by atoms with Crippen molar-refractivity contribution in [2.24, 2.45) is 0 Å². The number of aliphatic hydroxyl groups excluding tert-OH is 1. The molecule has 0 radical (unpaired) electrons. The number of aliphatic hydroxyl groups is 1. The molecule has 1 atom stereocenters. The summed E-state index contributed by atoms with van der Waals surface area (Å²) in [5.41, 5.74) is 2.25.